The van der Waals surface area contributed by atoms with Crippen LogP contribution in [0.5, 0.6) is 0 Å². The molecule has 19 heavy (non-hydrogen) atoms. The second-order valence-corrected chi connectivity index (χ2v) is 6.40. The Morgan fingerprint density at radius 1 is 1.00 bits per heavy atom. The lowest BCUT2D eigenvalue weighted by Gasteiger charge is -2.06. The zero-order valence-corrected chi connectivity index (χ0v) is 11.7. The smallest absolute Gasteiger partial charge is 0.200 e. The topological polar surface area (TPSA) is 30.2 Å². The van der Waals surface area contributed by atoms with Gasteiger partial charge in [-0.2, -0.15) is 0 Å². The summed E-state index contributed by atoms with van der Waals surface area (Å²) in [6, 6.07) is 13.2. The fraction of sp³-hybridized carbons (Fsp3) is 0.188. The normalized spacial score (nSPS) is 11.5. The fourth-order valence-corrected chi connectivity index (χ4v) is 3.00. The third kappa shape index (κ3) is 2.26. The summed E-state index contributed by atoms with van der Waals surface area (Å²) in [6.45, 7) is 4.27. The Kier molecular flexibility index (Phi) is 3.07. The van der Waals surface area contributed by atoms with E-state index in [4.69, 9.17) is 4.42 Å². The number of fused-ring (bicyclic) bond motifs is 2. The molecule has 0 spiro atoms. The van der Waals surface area contributed by atoms with Gasteiger partial charge in [-0.05, 0) is 30.3 Å². The minimum absolute atomic E-state index is 0.0445. The maximum Gasteiger partial charge on any atom is 0.200 e. The first kappa shape index (κ1) is 12.3. The molecule has 1 heterocycles. The Balaban J connectivity index is 2.30. The van der Waals surface area contributed by atoms with Crippen LogP contribution in [0.4, 0.5) is 0 Å². The third-order valence-electron chi connectivity index (χ3n) is 2.92. The molecule has 0 aliphatic rings. The van der Waals surface area contributed by atoms with Gasteiger partial charge in [-0.1, -0.05) is 26.0 Å². The second-order valence-electron chi connectivity index (χ2n) is 4.75. The molecule has 3 aromatic rings. The van der Waals surface area contributed by atoms with Crippen molar-refractivity contribution in [2.24, 2.45) is 0 Å². The molecule has 0 N–H and O–H groups in total. The highest BCUT2D eigenvalue weighted by atomic mass is 32.2. The first-order valence-corrected chi connectivity index (χ1v) is 7.15. The van der Waals surface area contributed by atoms with Gasteiger partial charge < -0.3 is 4.42 Å². The van der Waals surface area contributed by atoms with Gasteiger partial charge in [-0.3, -0.25) is 4.79 Å². The molecule has 2 nitrogen and oxygen atoms in total. The maximum absolute atomic E-state index is 12.5. The molecule has 96 valence electrons. The van der Waals surface area contributed by atoms with E-state index in [0.717, 1.165) is 4.90 Å². The van der Waals surface area contributed by atoms with E-state index >= 15 is 0 Å². The molecule has 0 fully saturated rings. The summed E-state index contributed by atoms with van der Waals surface area (Å²) in [4.78, 5) is 13.6. The van der Waals surface area contributed by atoms with Crippen molar-refractivity contribution in [3.05, 3.63) is 52.7 Å². The SMILES string of the molecule is CC(C)Sc1ccc2oc3ccccc3c(=O)c2c1. The molecule has 2 aromatic carbocycles. The van der Waals surface area contributed by atoms with Crippen LogP contribution in [-0.2, 0) is 0 Å². The van der Waals surface area contributed by atoms with Gasteiger partial charge in [-0.15, -0.1) is 11.8 Å². The third-order valence-corrected chi connectivity index (χ3v) is 3.92. The van der Waals surface area contributed by atoms with Crippen molar-refractivity contribution in [3.63, 3.8) is 0 Å². The number of hydrogen-bond donors (Lipinski definition) is 0. The van der Waals surface area contributed by atoms with E-state index in [0.29, 0.717) is 27.2 Å². The van der Waals surface area contributed by atoms with Crippen LogP contribution in [0.3, 0.4) is 0 Å². The van der Waals surface area contributed by atoms with Crippen molar-refractivity contribution in [3.8, 4) is 0 Å². The van der Waals surface area contributed by atoms with Crippen LogP contribution < -0.4 is 5.43 Å². The fourth-order valence-electron chi connectivity index (χ4n) is 2.13. The molecule has 0 saturated heterocycles. The average molecular weight is 270 g/mol. The highest BCUT2D eigenvalue weighted by molar-refractivity contribution is 7.99. The highest BCUT2D eigenvalue weighted by Crippen LogP contribution is 2.27. The minimum Gasteiger partial charge on any atom is -0.456 e. The van der Waals surface area contributed by atoms with Crippen molar-refractivity contribution in [1.82, 2.24) is 0 Å². The molecule has 3 rings (SSSR count). The van der Waals surface area contributed by atoms with Crippen molar-refractivity contribution in [2.75, 3.05) is 0 Å². The molecule has 3 heteroatoms. The van der Waals surface area contributed by atoms with E-state index in [2.05, 4.69) is 13.8 Å². The van der Waals surface area contributed by atoms with E-state index < -0.39 is 0 Å². The molecule has 0 amide bonds. The molecule has 0 atom stereocenters. The van der Waals surface area contributed by atoms with E-state index in [9.17, 15) is 4.79 Å². The van der Waals surface area contributed by atoms with Gasteiger partial charge in [0.05, 0.1) is 10.8 Å². The number of thioether (sulfide) groups is 1. The molecule has 0 aliphatic carbocycles. The first-order chi connectivity index (χ1) is 9.15. The summed E-state index contributed by atoms with van der Waals surface area (Å²) in [5.41, 5.74) is 1.34. The lowest BCUT2D eigenvalue weighted by atomic mass is 10.1. The predicted octanol–water partition coefficient (Wildman–Crippen LogP) is 4.45. The summed E-state index contributed by atoms with van der Waals surface area (Å²) in [7, 11) is 0. The standard InChI is InChI=1S/C16H14O2S/c1-10(2)19-11-7-8-15-13(9-11)16(17)12-5-3-4-6-14(12)18-15/h3-10H,1-2H3. The summed E-state index contributed by atoms with van der Waals surface area (Å²) in [5.74, 6) is 0. The van der Waals surface area contributed by atoms with Gasteiger partial charge in [0.2, 0.25) is 5.43 Å². The molecule has 0 saturated carbocycles. The van der Waals surface area contributed by atoms with E-state index in [1.54, 1.807) is 11.8 Å². The Hall–Kier alpha value is -1.74. The molecule has 0 radical (unpaired) electrons. The number of para-hydroxylation sites is 1. The van der Waals surface area contributed by atoms with E-state index in [1.165, 1.54) is 0 Å². The number of benzene rings is 2. The van der Waals surface area contributed by atoms with Gasteiger partial charge in [-0.25, -0.2) is 0 Å². The van der Waals surface area contributed by atoms with Crippen molar-refractivity contribution >= 4 is 33.7 Å². The second kappa shape index (κ2) is 4.74. The predicted molar refractivity (Wildman–Crippen MR) is 81.0 cm³/mol. The van der Waals surface area contributed by atoms with Crippen molar-refractivity contribution < 1.29 is 4.42 Å². The minimum atomic E-state index is 0.0445. The van der Waals surface area contributed by atoms with Crippen LogP contribution in [-0.4, -0.2) is 5.25 Å². The summed E-state index contributed by atoms with van der Waals surface area (Å²) in [6.07, 6.45) is 0. The zero-order chi connectivity index (χ0) is 13.4. The van der Waals surface area contributed by atoms with Crippen molar-refractivity contribution in [2.45, 2.75) is 24.0 Å². The van der Waals surface area contributed by atoms with Crippen LogP contribution in [0.1, 0.15) is 13.8 Å². The summed E-state index contributed by atoms with van der Waals surface area (Å²) < 4.78 is 5.78. The lowest BCUT2D eigenvalue weighted by molar-refractivity contribution is 0.659. The maximum atomic E-state index is 12.5. The lowest BCUT2D eigenvalue weighted by Crippen LogP contribution is -2.02. The van der Waals surface area contributed by atoms with E-state index in [-0.39, 0.29) is 5.43 Å². The van der Waals surface area contributed by atoms with Crippen LogP contribution in [0.2, 0.25) is 0 Å². The zero-order valence-electron chi connectivity index (χ0n) is 10.8. The monoisotopic (exact) mass is 270 g/mol. The van der Waals surface area contributed by atoms with Gasteiger partial charge in [0.25, 0.3) is 0 Å². The quantitative estimate of drug-likeness (QED) is 0.509. The molecule has 0 bridgehead atoms. The van der Waals surface area contributed by atoms with Crippen LogP contribution in [0.15, 0.2) is 56.6 Å². The number of rotatable bonds is 2. The molecular formula is C16H14O2S. The van der Waals surface area contributed by atoms with Crippen molar-refractivity contribution in [1.29, 1.82) is 0 Å². The van der Waals surface area contributed by atoms with Gasteiger partial charge in [0, 0.05) is 10.1 Å². The summed E-state index contributed by atoms with van der Waals surface area (Å²) >= 11 is 1.75. The molecular weight excluding hydrogens is 256 g/mol. The average Bonchev–Trinajstić information content (AvgIpc) is 2.39. The van der Waals surface area contributed by atoms with Gasteiger partial charge in [0.15, 0.2) is 0 Å². The van der Waals surface area contributed by atoms with Crippen LogP contribution >= 0.6 is 11.8 Å². The van der Waals surface area contributed by atoms with Crippen LogP contribution in [0, 0.1) is 0 Å². The first-order valence-electron chi connectivity index (χ1n) is 6.27. The Labute approximate surface area is 115 Å². The van der Waals surface area contributed by atoms with Crippen LogP contribution in [0.25, 0.3) is 21.9 Å². The van der Waals surface area contributed by atoms with Gasteiger partial charge >= 0.3 is 0 Å². The summed E-state index contributed by atoms with van der Waals surface area (Å²) in [5, 5.41) is 1.79. The number of hydrogen-bond acceptors (Lipinski definition) is 3. The highest BCUT2D eigenvalue weighted by Gasteiger charge is 2.08. The molecule has 0 aliphatic heterocycles. The molecule has 1 aromatic heterocycles. The Bertz CT molecular complexity index is 803. The van der Waals surface area contributed by atoms with E-state index in [1.807, 2.05) is 42.5 Å². The van der Waals surface area contributed by atoms with Gasteiger partial charge in [0.1, 0.15) is 11.2 Å². The Morgan fingerprint density at radius 2 is 1.74 bits per heavy atom. The molecule has 0 unspecified atom stereocenters. The largest absolute Gasteiger partial charge is 0.456 e. The Morgan fingerprint density at radius 3 is 2.53 bits per heavy atom.